The summed E-state index contributed by atoms with van der Waals surface area (Å²) in [6.45, 7) is 0. The van der Waals surface area contributed by atoms with Gasteiger partial charge in [-0.15, -0.1) is 0 Å². The number of benzene rings is 1. The summed E-state index contributed by atoms with van der Waals surface area (Å²) in [4.78, 5) is 11.5. The van der Waals surface area contributed by atoms with Crippen LogP contribution in [0.2, 0.25) is 0 Å². The number of hydrogen-bond acceptors (Lipinski definition) is 2. The van der Waals surface area contributed by atoms with E-state index in [4.69, 9.17) is 34.8 Å². The van der Waals surface area contributed by atoms with E-state index >= 15 is 0 Å². The van der Waals surface area contributed by atoms with E-state index in [2.05, 4.69) is 21.2 Å². The summed E-state index contributed by atoms with van der Waals surface area (Å²) in [5.41, 5.74) is 0.606. The summed E-state index contributed by atoms with van der Waals surface area (Å²) < 4.78 is -0.964. The zero-order valence-corrected chi connectivity index (χ0v) is 12.3. The third-order valence-corrected chi connectivity index (χ3v) is 3.17. The Morgan fingerprint density at radius 3 is 2.35 bits per heavy atom. The number of carbonyl (C=O) groups excluding carboxylic acids is 1. The highest BCUT2D eigenvalue weighted by atomic mass is 79.9. The molecule has 17 heavy (non-hydrogen) atoms. The Kier molecular flexibility index (Phi) is 5.54. The van der Waals surface area contributed by atoms with Crippen LogP contribution >= 0.6 is 50.7 Å². The van der Waals surface area contributed by atoms with Gasteiger partial charge >= 0.3 is 0 Å². The minimum atomic E-state index is -1.86. The Morgan fingerprint density at radius 2 is 1.88 bits per heavy atom. The summed E-state index contributed by atoms with van der Waals surface area (Å²) >= 11 is 19.6. The van der Waals surface area contributed by atoms with Crippen LogP contribution in [0, 0.1) is 0 Å². The molecule has 0 aromatic heterocycles. The summed E-state index contributed by atoms with van der Waals surface area (Å²) in [7, 11) is 0. The average molecular weight is 361 g/mol. The highest BCUT2D eigenvalue weighted by Gasteiger charge is 2.32. The molecule has 0 bridgehead atoms. The van der Waals surface area contributed by atoms with Gasteiger partial charge in [0.1, 0.15) is 6.10 Å². The van der Waals surface area contributed by atoms with Crippen molar-refractivity contribution in [1.29, 1.82) is 0 Å². The van der Waals surface area contributed by atoms with Crippen LogP contribution in [-0.4, -0.2) is 20.9 Å². The highest BCUT2D eigenvalue weighted by Crippen LogP contribution is 2.31. The quantitative estimate of drug-likeness (QED) is 0.810. The summed E-state index contributed by atoms with van der Waals surface area (Å²) in [6, 6.07) is 6.98. The predicted octanol–water partition coefficient (Wildman–Crippen LogP) is 3.51. The largest absolute Gasteiger partial charge is 0.388 e. The Bertz CT molecular complexity index is 392. The first-order valence-corrected chi connectivity index (χ1v) is 6.52. The molecule has 0 aliphatic heterocycles. The monoisotopic (exact) mass is 359 g/mol. The van der Waals surface area contributed by atoms with Crippen molar-refractivity contribution in [2.45, 2.75) is 16.3 Å². The number of nitrogens with one attached hydrogen (secondary N) is 1. The molecule has 0 saturated carbocycles. The summed E-state index contributed by atoms with van der Waals surface area (Å²) in [5, 5.41) is 12.0. The van der Waals surface area contributed by atoms with E-state index < -0.39 is 15.8 Å². The van der Waals surface area contributed by atoms with Gasteiger partial charge in [-0.25, -0.2) is 0 Å². The Labute approximate surface area is 122 Å². The molecule has 7 heteroatoms. The van der Waals surface area contributed by atoms with Crippen LogP contribution in [0.4, 0.5) is 5.69 Å². The van der Waals surface area contributed by atoms with Crippen molar-refractivity contribution in [3.05, 3.63) is 28.7 Å². The zero-order valence-electron chi connectivity index (χ0n) is 8.46. The molecule has 0 heterocycles. The lowest BCUT2D eigenvalue weighted by Crippen LogP contribution is -2.30. The number of hydrogen-bond donors (Lipinski definition) is 2. The van der Waals surface area contributed by atoms with Crippen molar-refractivity contribution in [3.63, 3.8) is 0 Å². The molecule has 1 atom stereocenters. The third-order valence-electron chi connectivity index (χ3n) is 1.88. The van der Waals surface area contributed by atoms with Crippen LogP contribution < -0.4 is 5.32 Å². The molecule has 0 unspecified atom stereocenters. The molecule has 3 nitrogen and oxygen atoms in total. The molecule has 1 amide bonds. The second-order valence-electron chi connectivity index (χ2n) is 3.32. The number of carbonyl (C=O) groups is 1. The number of rotatable bonds is 3. The molecule has 1 aromatic rings. The van der Waals surface area contributed by atoms with Gasteiger partial charge < -0.3 is 10.4 Å². The number of amides is 1. The van der Waals surface area contributed by atoms with Crippen LogP contribution in [0.3, 0.4) is 0 Å². The molecule has 0 spiro atoms. The highest BCUT2D eigenvalue weighted by molar-refractivity contribution is 9.10. The number of halogens is 4. The summed E-state index contributed by atoms with van der Waals surface area (Å²) in [6.07, 6.45) is -1.63. The molecule has 2 N–H and O–H groups in total. The van der Waals surface area contributed by atoms with Gasteiger partial charge in [0.25, 0.3) is 0 Å². The van der Waals surface area contributed by atoms with Crippen molar-refractivity contribution >= 4 is 62.3 Å². The van der Waals surface area contributed by atoms with E-state index in [0.717, 1.165) is 4.47 Å². The topological polar surface area (TPSA) is 49.3 Å². The van der Waals surface area contributed by atoms with Crippen molar-refractivity contribution in [3.8, 4) is 0 Å². The standard InChI is InChI=1S/C10H9BrCl3NO2/c11-6-1-3-7(4-2-6)15-9(17)5-8(16)10(12,13)14/h1-4,8,16H,5H2,(H,15,17)/t8-/m0/s1. The van der Waals surface area contributed by atoms with Crippen molar-refractivity contribution < 1.29 is 9.90 Å². The fourth-order valence-electron chi connectivity index (χ4n) is 1.04. The van der Waals surface area contributed by atoms with Crippen LogP contribution in [-0.2, 0) is 4.79 Å². The maximum Gasteiger partial charge on any atom is 0.227 e. The lowest BCUT2D eigenvalue weighted by atomic mass is 10.2. The van der Waals surface area contributed by atoms with Crippen LogP contribution in [0.5, 0.6) is 0 Å². The van der Waals surface area contributed by atoms with Crippen molar-refractivity contribution in [1.82, 2.24) is 0 Å². The van der Waals surface area contributed by atoms with Gasteiger partial charge in [0.2, 0.25) is 9.70 Å². The number of aliphatic hydroxyl groups is 1. The lowest BCUT2D eigenvalue weighted by molar-refractivity contribution is -0.117. The summed E-state index contributed by atoms with van der Waals surface area (Å²) in [5.74, 6) is -0.425. The maximum atomic E-state index is 11.5. The maximum absolute atomic E-state index is 11.5. The molecular weight excluding hydrogens is 352 g/mol. The molecule has 0 aliphatic carbocycles. The average Bonchev–Trinajstić information content (AvgIpc) is 2.20. The number of aliphatic hydroxyl groups excluding tert-OH is 1. The molecule has 1 aromatic carbocycles. The molecule has 0 fully saturated rings. The van der Waals surface area contributed by atoms with Gasteiger partial charge in [-0.1, -0.05) is 50.7 Å². The van der Waals surface area contributed by atoms with Gasteiger partial charge in [-0.3, -0.25) is 4.79 Å². The van der Waals surface area contributed by atoms with E-state index in [-0.39, 0.29) is 6.42 Å². The molecule has 94 valence electrons. The first-order valence-electron chi connectivity index (χ1n) is 4.59. The van der Waals surface area contributed by atoms with Crippen LogP contribution in [0.25, 0.3) is 0 Å². The second kappa shape index (κ2) is 6.25. The van der Waals surface area contributed by atoms with Crippen molar-refractivity contribution in [2.75, 3.05) is 5.32 Å². The fraction of sp³-hybridized carbons (Fsp3) is 0.300. The SMILES string of the molecule is O=C(C[C@H](O)C(Cl)(Cl)Cl)Nc1ccc(Br)cc1. The smallest absolute Gasteiger partial charge is 0.227 e. The minimum Gasteiger partial charge on any atom is -0.388 e. The van der Waals surface area contributed by atoms with E-state index in [1.165, 1.54) is 0 Å². The number of alkyl halides is 3. The normalized spacial score (nSPS) is 13.2. The Morgan fingerprint density at radius 1 is 1.35 bits per heavy atom. The minimum absolute atomic E-state index is 0.285. The van der Waals surface area contributed by atoms with E-state index in [9.17, 15) is 9.90 Å². The van der Waals surface area contributed by atoms with E-state index in [1.54, 1.807) is 24.3 Å². The molecule has 0 radical (unpaired) electrons. The Balaban J connectivity index is 2.53. The van der Waals surface area contributed by atoms with Gasteiger partial charge in [0.05, 0.1) is 6.42 Å². The van der Waals surface area contributed by atoms with Gasteiger partial charge in [0, 0.05) is 10.2 Å². The third kappa shape index (κ3) is 5.44. The lowest BCUT2D eigenvalue weighted by Gasteiger charge is -2.18. The predicted molar refractivity (Wildman–Crippen MR) is 73.7 cm³/mol. The van der Waals surface area contributed by atoms with E-state index in [1.807, 2.05) is 0 Å². The molecule has 0 saturated heterocycles. The van der Waals surface area contributed by atoms with Crippen molar-refractivity contribution in [2.24, 2.45) is 0 Å². The van der Waals surface area contributed by atoms with Crippen LogP contribution in [0.15, 0.2) is 28.7 Å². The molecule has 0 aliphatic rings. The van der Waals surface area contributed by atoms with Gasteiger partial charge in [-0.2, -0.15) is 0 Å². The van der Waals surface area contributed by atoms with Gasteiger partial charge in [0.15, 0.2) is 0 Å². The zero-order chi connectivity index (χ0) is 13.1. The van der Waals surface area contributed by atoms with Crippen LogP contribution in [0.1, 0.15) is 6.42 Å². The number of anilines is 1. The first kappa shape index (κ1) is 15.1. The fourth-order valence-corrected chi connectivity index (χ4v) is 1.53. The first-order chi connectivity index (χ1) is 7.79. The second-order valence-corrected chi connectivity index (χ2v) is 6.60. The van der Waals surface area contributed by atoms with Gasteiger partial charge in [-0.05, 0) is 24.3 Å². The Hall–Kier alpha value is -0.000000000000000111. The molecular formula is C10H9BrCl3NO2. The molecule has 1 rings (SSSR count). The van der Waals surface area contributed by atoms with E-state index in [0.29, 0.717) is 5.69 Å².